The van der Waals surface area contributed by atoms with Crippen LogP contribution in [0.2, 0.25) is 0 Å². The van der Waals surface area contributed by atoms with Crippen LogP contribution in [-0.2, 0) is 14.3 Å². The summed E-state index contributed by atoms with van der Waals surface area (Å²) in [6.45, 7) is 9.32. The molecule has 25 heavy (non-hydrogen) atoms. The summed E-state index contributed by atoms with van der Waals surface area (Å²) < 4.78 is 11.1. The molecule has 5 heteroatoms. The van der Waals surface area contributed by atoms with Crippen LogP contribution in [0, 0.1) is 19.8 Å². The lowest BCUT2D eigenvalue weighted by Gasteiger charge is -2.33. The van der Waals surface area contributed by atoms with E-state index in [1.807, 2.05) is 50.8 Å². The monoisotopic (exact) mass is 347 g/mol. The first-order valence-electron chi connectivity index (χ1n) is 9.15. The van der Waals surface area contributed by atoms with Gasteiger partial charge in [0.05, 0.1) is 12.5 Å². The molecule has 5 nitrogen and oxygen atoms in total. The molecule has 1 aliphatic heterocycles. The highest BCUT2D eigenvalue weighted by Crippen LogP contribution is 2.24. The third-order valence-electron chi connectivity index (χ3n) is 4.69. The van der Waals surface area contributed by atoms with Crippen LogP contribution in [0.25, 0.3) is 0 Å². The van der Waals surface area contributed by atoms with E-state index < -0.39 is 6.10 Å². The summed E-state index contributed by atoms with van der Waals surface area (Å²) in [5, 5.41) is 0. The maximum atomic E-state index is 12.8. The van der Waals surface area contributed by atoms with Crippen LogP contribution in [0.5, 0.6) is 5.75 Å². The molecule has 0 saturated carbocycles. The highest BCUT2D eigenvalue weighted by Gasteiger charge is 2.31. The SMILES string of the molecule is CCOC(=O)C1CCN(C(=O)[C@@H](CC)Oc2cc(C)ccc2C)CC1. The third-order valence-corrected chi connectivity index (χ3v) is 4.69. The van der Waals surface area contributed by atoms with Gasteiger partial charge in [-0.15, -0.1) is 0 Å². The number of aryl methyl sites for hydroxylation is 2. The van der Waals surface area contributed by atoms with Gasteiger partial charge >= 0.3 is 5.97 Å². The maximum Gasteiger partial charge on any atom is 0.309 e. The van der Waals surface area contributed by atoms with Crippen LogP contribution in [0.1, 0.15) is 44.2 Å². The van der Waals surface area contributed by atoms with Gasteiger partial charge in [0.1, 0.15) is 5.75 Å². The smallest absolute Gasteiger partial charge is 0.309 e. The van der Waals surface area contributed by atoms with E-state index in [-0.39, 0.29) is 17.8 Å². The Bertz CT molecular complexity index is 606. The molecular weight excluding hydrogens is 318 g/mol. The average Bonchev–Trinajstić information content (AvgIpc) is 2.62. The summed E-state index contributed by atoms with van der Waals surface area (Å²) in [6.07, 6.45) is 1.44. The van der Waals surface area contributed by atoms with Gasteiger partial charge in [-0.05, 0) is 57.2 Å². The molecule has 1 amide bonds. The van der Waals surface area contributed by atoms with Crippen LogP contribution < -0.4 is 4.74 Å². The molecular formula is C20H29NO4. The fourth-order valence-corrected chi connectivity index (χ4v) is 3.10. The summed E-state index contributed by atoms with van der Waals surface area (Å²) in [6, 6.07) is 6.01. The highest BCUT2D eigenvalue weighted by atomic mass is 16.5. The summed E-state index contributed by atoms with van der Waals surface area (Å²) in [5.41, 5.74) is 2.14. The number of benzene rings is 1. The van der Waals surface area contributed by atoms with Gasteiger partial charge in [-0.25, -0.2) is 0 Å². The van der Waals surface area contributed by atoms with Gasteiger partial charge in [-0.3, -0.25) is 9.59 Å². The summed E-state index contributed by atoms with van der Waals surface area (Å²) >= 11 is 0. The second kappa shape index (κ2) is 8.88. The number of carbonyl (C=O) groups is 2. The molecule has 0 aromatic heterocycles. The quantitative estimate of drug-likeness (QED) is 0.741. The maximum absolute atomic E-state index is 12.8. The van der Waals surface area contributed by atoms with E-state index in [9.17, 15) is 9.59 Å². The standard InChI is InChI=1S/C20H29NO4/c1-5-17(25-18-13-14(3)7-8-15(18)4)19(22)21-11-9-16(10-12-21)20(23)24-6-2/h7-8,13,16-17H,5-6,9-12H2,1-4H3/t17-/m1/s1. The first kappa shape index (κ1) is 19.3. The fraction of sp³-hybridized carbons (Fsp3) is 0.600. The molecule has 1 atom stereocenters. The van der Waals surface area contributed by atoms with Crippen molar-refractivity contribution in [3.63, 3.8) is 0 Å². The van der Waals surface area contributed by atoms with E-state index in [1.54, 1.807) is 0 Å². The molecule has 1 aromatic carbocycles. The van der Waals surface area contributed by atoms with Gasteiger partial charge in [-0.1, -0.05) is 19.1 Å². The summed E-state index contributed by atoms with van der Waals surface area (Å²) in [4.78, 5) is 26.5. The minimum atomic E-state index is -0.486. The first-order valence-corrected chi connectivity index (χ1v) is 9.15. The Morgan fingerprint density at radius 1 is 1.20 bits per heavy atom. The van der Waals surface area contributed by atoms with E-state index in [1.165, 1.54) is 0 Å². The Balaban J connectivity index is 1.96. The van der Waals surface area contributed by atoms with Gasteiger partial charge < -0.3 is 14.4 Å². The van der Waals surface area contributed by atoms with Gasteiger partial charge in [0.25, 0.3) is 5.91 Å². The van der Waals surface area contributed by atoms with E-state index in [0.717, 1.165) is 16.9 Å². The van der Waals surface area contributed by atoms with Crippen molar-refractivity contribution in [3.8, 4) is 5.75 Å². The molecule has 1 aromatic rings. The number of rotatable bonds is 6. The van der Waals surface area contributed by atoms with E-state index in [4.69, 9.17) is 9.47 Å². The molecule has 1 fully saturated rings. The lowest BCUT2D eigenvalue weighted by atomic mass is 9.96. The van der Waals surface area contributed by atoms with Crippen molar-refractivity contribution in [2.75, 3.05) is 19.7 Å². The number of esters is 1. The topological polar surface area (TPSA) is 55.8 Å². The molecule has 0 unspecified atom stereocenters. The number of ether oxygens (including phenoxy) is 2. The van der Waals surface area contributed by atoms with E-state index in [0.29, 0.717) is 39.0 Å². The third kappa shape index (κ3) is 4.97. The van der Waals surface area contributed by atoms with Crippen LogP contribution >= 0.6 is 0 Å². The molecule has 138 valence electrons. The van der Waals surface area contributed by atoms with E-state index in [2.05, 4.69) is 0 Å². The van der Waals surface area contributed by atoms with Crippen molar-refractivity contribution in [3.05, 3.63) is 29.3 Å². The zero-order valence-corrected chi connectivity index (χ0v) is 15.7. The largest absolute Gasteiger partial charge is 0.480 e. The number of carbonyl (C=O) groups excluding carboxylic acids is 2. The second-order valence-corrected chi connectivity index (χ2v) is 6.64. The molecule has 1 aliphatic rings. The number of amides is 1. The predicted molar refractivity (Wildman–Crippen MR) is 96.6 cm³/mol. The molecule has 1 heterocycles. The van der Waals surface area contributed by atoms with Crippen molar-refractivity contribution in [2.45, 2.75) is 53.1 Å². The molecule has 0 N–H and O–H groups in total. The Hall–Kier alpha value is -2.04. The second-order valence-electron chi connectivity index (χ2n) is 6.64. The van der Waals surface area contributed by atoms with Crippen LogP contribution in [-0.4, -0.2) is 42.6 Å². The molecule has 0 bridgehead atoms. The molecule has 1 saturated heterocycles. The Morgan fingerprint density at radius 3 is 2.48 bits per heavy atom. The fourth-order valence-electron chi connectivity index (χ4n) is 3.10. The molecule has 0 spiro atoms. The zero-order chi connectivity index (χ0) is 18.4. The highest BCUT2D eigenvalue weighted by molar-refractivity contribution is 5.82. The molecule has 0 radical (unpaired) electrons. The van der Waals surface area contributed by atoms with Crippen molar-refractivity contribution < 1.29 is 19.1 Å². The molecule has 2 rings (SSSR count). The lowest BCUT2D eigenvalue weighted by molar-refractivity contribution is -0.152. The number of nitrogens with zero attached hydrogens (tertiary/aromatic N) is 1. The predicted octanol–water partition coefficient (Wildman–Crippen LogP) is 3.26. The number of hydrogen-bond acceptors (Lipinski definition) is 4. The van der Waals surface area contributed by atoms with Gasteiger partial charge in [-0.2, -0.15) is 0 Å². The summed E-state index contributed by atoms with van der Waals surface area (Å²) in [5.74, 6) is 0.532. The lowest BCUT2D eigenvalue weighted by Crippen LogP contribution is -2.46. The van der Waals surface area contributed by atoms with Crippen LogP contribution in [0.15, 0.2) is 18.2 Å². The minimum Gasteiger partial charge on any atom is -0.480 e. The van der Waals surface area contributed by atoms with Crippen molar-refractivity contribution in [2.24, 2.45) is 5.92 Å². The van der Waals surface area contributed by atoms with Crippen molar-refractivity contribution in [1.29, 1.82) is 0 Å². The first-order chi connectivity index (χ1) is 12.0. The zero-order valence-electron chi connectivity index (χ0n) is 15.7. The Morgan fingerprint density at radius 2 is 1.88 bits per heavy atom. The van der Waals surface area contributed by atoms with Crippen molar-refractivity contribution >= 4 is 11.9 Å². The molecule has 0 aliphatic carbocycles. The van der Waals surface area contributed by atoms with E-state index >= 15 is 0 Å². The van der Waals surface area contributed by atoms with Gasteiger partial charge in [0, 0.05) is 13.1 Å². The number of hydrogen-bond donors (Lipinski definition) is 0. The van der Waals surface area contributed by atoms with Crippen LogP contribution in [0.4, 0.5) is 0 Å². The van der Waals surface area contributed by atoms with Gasteiger partial charge in [0.15, 0.2) is 6.10 Å². The summed E-state index contributed by atoms with van der Waals surface area (Å²) in [7, 11) is 0. The normalized spacial score (nSPS) is 16.4. The number of piperidine rings is 1. The van der Waals surface area contributed by atoms with Crippen molar-refractivity contribution in [1.82, 2.24) is 4.90 Å². The Kier molecular flexibility index (Phi) is 6.85. The average molecular weight is 347 g/mol. The van der Waals surface area contributed by atoms with Gasteiger partial charge in [0.2, 0.25) is 0 Å². The Labute approximate surface area is 150 Å². The minimum absolute atomic E-state index is 0.00529. The van der Waals surface area contributed by atoms with Crippen LogP contribution in [0.3, 0.4) is 0 Å². The number of likely N-dealkylation sites (tertiary alicyclic amines) is 1.